The summed E-state index contributed by atoms with van der Waals surface area (Å²) < 4.78 is 0. The van der Waals surface area contributed by atoms with Crippen molar-refractivity contribution in [3.05, 3.63) is 29.3 Å². The van der Waals surface area contributed by atoms with Gasteiger partial charge >= 0.3 is 0 Å². The van der Waals surface area contributed by atoms with E-state index in [1.165, 1.54) is 5.56 Å². The lowest BCUT2D eigenvalue weighted by Gasteiger charge is -2.13. The first kappa shape index (κ1) is 15.1. The van der Waals surface area contributed by atoms with Crippen LogP contribution in [0.4, 0.5) is 5.69 Å². The molecule has 0 saturated carbocycles. The summed E-state index contributed by atoms with van der Waals surface area (Å²) in [6, 6.07) is 6.09. The number of nitrogens with two attached hydrogens (primary N) is 1. The molecule has 100 valence electrons. The lowest BCUT2D eigenvalue weighted by atomic mass is 10.1. The van der Waals surface area contributed by atoms with Crippen molar-refractivity contribution in [3.63, 3.8) is 0 Å². The van der Waals surface area contributed by atoms with Gasteiger partial charge in [0.1, 0.15) is 0 Å². The second kappa shape index (κ2) is 7.44. The van der Waals surface area contributed by atoms with Crippen molar-refractivity contribution < 1.29 is 4.79 Å². The molecule has 0 heterocycles. The summed E-state index contributed by atoms with van der Waals surface area (Å²) in [6.07, 6.45) is 0.920. The first-order valence-electron chi connectivity index (χ1n) is 6.28. The van der Waals surface area contributed by atoms with Crippen LogP contribution in [0.5, 0.6) is 0 Å². The van der Waals surface area contributed by atoms with E-state index in [4.69, 9.17) is 5.73 Å². The van der Waals surface area contributed by atoms with E-state index < -0.39 is 0 Å². The summed E-state index contributed by atoms with van der Waals surface area (Å²) >= 11 is 1.59. The topological polar surface area (TPSA) is 55.1 Å². The lowest BCUT2D eigenvalue weighted by Crippen LogP contribution is -2.20. The third kappa shape index (κ3) is 4.35. The molecule has 4 heteroatoms. The Balaban J connectivity index is 2.64. The molecule has 3 N–H and O–H groups in total. The second-order valence-corrected chi connectivity index (χ2v) is 5.79. The molecular formula is C14H22N2OS. The van der Waals surface area contributed by atoms with Crippen LogP contribution in [0.2, 0.25) is 0 Å². The van der Waals surface area contributed by atoms with E-state index in [9.17, 15) is 4.79 Å². The van der Waals surface area contributed by atoms with Gasteiger partial charge in [0.15, 0.2) is 0 Å². The summed E-state index contributed by atoms with van der Waals surface area (Å²) in [7, 11) is 0. The molecule has 0 spiro atoms. The molecule has 0 aromatic heterocycles. The highest BCUT2D eigenvalue weighted by molar-refractivity contribution is 8.00. The van der Waals surface area contributed by atoms with Crippen LogP contribution >= 0.6 is 11.8 Å². The molecule has 1 aromatic rings. The zero-order valence-electron chi connectivity index (χ0n) is 11.3. The van der Waals surface area contributed by atoms with Gasteiger partial charge in [-0.2, -0.15) is 0 Å². The third-order valence-corrected chi connectivity index (χ3v) is 4.03. The molecule has 1 atom stereocenters. The number of nitrogens with one attached hydrogen (secondary N) is 1. The van der Waals surface area contributed by atoms with E-state index in [0.29, 0.717) is 17.5 Å². The van der Waals surface area contributed by atoms with Gasteiger partial charge in [-0.25, -0.2) is 0 Å². The molecule has 0 aliphatic rings. The predicted molar refractivity (Wildman–Crippen MR) is 80.2 cm³/mol. The fourth-order valence-electron chi connectivity index (χ4n) is 1.66. The zero-order chi connectivity index (χ0) is 13.5. The van der Waals surface area contributed by atoms with Crippen LogP contribution in [-0.2, 0) is 11.2 Å². The number of aryl methyl sites for hydroxylation is 2. The Morgan fingerprint density at radius 3 is 2.83 bits per heavy atom. The van der Waals surface area contributed by atoms with Crippen LogP contribution < -0.4 is 11.1 Å². The number of para-hydroxylation sites is 1. The molecule has 0 aliphatic carbocycles. The molecule has 0 saturated heterocycles. The number of amides is 1. The van der Waals surface area contributed by atoms with E-state index in [-0.39, 0.29) is 5.91 Å². The Morgan fingerprint density at radius 1 is 1.50 bits per heavy atom. The van der Waals surface area contributed by atoms with Gasteiger partial charge in [0.2, 0.25) is 5.91 Å². The molecule has 0 fully saturated rings. The van der Waals surface area contributed by atoms with Crippen molar-refractivity contribution >= 4 is 23.4 Å². The summed E-state index contributed by atoms with van der Waals surface area (Å²) in [6.45, 7) is 6.74. The van der Waals surface area contributed by atoms with Gasteiger partial charge in [-0.15, -0.1) is 11.8 Å². The highest BCUT2D eigenvalue weighted by Crippen LogP contribution is 2.21. The Hall–Kier alpha value is -1.000. The maximum Gasteiger partial charge on any atom is 0.234 e. The van der Waals surface area contributed by atoms with Crippen LogP contribution in [0.3, 0.4) is 0 Å². The second-order valence-electron chi connectivity index (χ2n) is 4.37. The standard InChI is InChI=1S/C14H22N2OS/c1-4-12-7-5-6-10(2)14(12)16-13(17)9-18-11(3)8-15/h5-7,11H,4,8-9,15H2,1-3H3,(H,16,17). The highest BCUT2D eigenvalue weighted by atomic mass is 32.2. The molecule has 0 radical (unpaired) electrons. The van der Waals surface area contributed by atoms with Gasteiger partial charge in [-0.3, -0.25) is 4.79 Å². The molecule has 3 nitrogen and oxygen atoms in total. The number of hydrogen-bond donors (Lipinski definition) is 2. The van der Waals surface area contributed by atoms with Crippen LogP contribution in [0.25, 0.3) is 0 Å². The Labute approximate surface area is 114 Å². The van der Waals surface area contributed by atoms with Gasteiger partial charge in [0, 0.05) is 17.5 Å². The summed E-state index contributed by atoms with van der Waals surface area (Å²) in [5.74, 6) is 0.500. The van der Waals surface area contributed by atoms with Crippen molar-refractivity contribution in [2.75, 3.05) is 17.6 Å². The number of carbonyl (C=O) groups is 1. The SMILES string of the molecule is CCc1cccc(C)c1NC(=O)CSC(C)CN. The summed E-state index contributed by atoms with van der Waals surface area (Å²) in [5, 5.41) is 3.33. The van der Waals surface area contributed by atoms with Gasteiger partial charge in [0.05, 0.1) is 5.75 Å². The molecule has 1 aromatic carbocycles. The summed E-state index contributed by atoms with van der Waals surface area (Å²) in [5.41, 5.74) is 8.78. The number of carbonyl (C=O) groups excluding carboxylic acids is 1. The Kier molecular flexibility index (Phi) is 6.22. The van der Waals surface area contributed by atoms with Crippen molar-refractivity contribution in [3.8, 4) is 0 Å². The fourth-order valence-corrected chi connectivity index (χ4v) is 2.31. The van der Waals surface area contributed by atoms with Crippen molar-refractivity contribution in [1.29, 1.82) is 0 Å². The minimum Gasteiger partial charge on any atom is -0.329 e. The summed E-state index contributed by atoms with van der Waals surface area (Å²) in [4.78, 5) is 11.9. The maximum atomic E-state index is 11.9. The minimum absolute atomic E-state index is 0.0456. The molecule has 18 heavy (non-hydrogen) atoms. The van der Waals surface area contributed by atoms with Gasteiger partial charge in [0.25, 0.3) is 0 Å². The largest absolute Gasteiger partial charge is 0.329 e. The molecule has 1 amide bonds. The normalized spacial score (nSPS) is 12.2. The first-order chi connectivity index (χ1) is 8.58. The molecule has 1 rings (SSSR count). The van der Waals surface area contributed by atoms with Gasteiger partial charge in [-0.1, -0.05) is 32.0 Å². The highest BCUT2D eigenvalue weighted by Gasteiger charge is 2.10. The van der Waals surface area contributed by atoms with Gasteiger partial charge in [-0.05, 0) is 24.5 Å². The first-order valence-corrected chi connectivity index (χ1v) is 7.33. The van der Waals surface area contributed by atoms with Crippen LogP contribution in [-0.4, -0.2) is 23.5 Å². The third-order valence-electron chi connectivity index (χ3n) is 2.84. The van der Waals surface area contributed by atoms with E-state index in [1.807, 2.05) is 26.0 Å². The Bertz CT molecular complexity index is 407. The Morgan fingerprint density at radius 2 is 2.22 bits per heavy atom. The van der Waals surface area contributed by atoms with E-state index in [2.05, 4.69) is 18.3 Å². The van der Waals surface area contributed by atoms with Crippen molar-refractivity contribution in [2.45, 2.75) is 32.4 Å². The maximum absolute atomic E-state index is 11.9. The number of benzene rings is 1. The molecular weight excluding hydrogens is 244 g/mol. The lowest BCUT2D eigenvalue weighted by molar-refractivity contribution is -0.113. The molecule has 0 aliphatic heterocycles. The average Bonchev–Trinajstić information content (AvgIpc) is 2.38. The van der Waals surface area contributed by atoms with Crippen LogP contribution in [0.15, 0.2) is 18.2 Å². The van der Waals surface area contributed by atoms with Crippen LogP contribution in [0.1, 0.15) is 25.0 Å². The molecule has 0 bridgehead atoms. The number of anilines is 1. The van der Waals surface area contributed by atoms with E-state index in [0.717, 1.165) is 17.7 Å². The fraction of sp³-hybridized carbons (Fsp3) is 0.500. The minimum atomic E-state index is 0.0456. The quantitative estimate of drug-likeness (QED) is 0.832. The monoisotopic (exact) mass is 266 g/mol. The number of thioether (sulfide) groups is 1. The van der Waals surface area contributed by atoms with Gasteiger partial charge < -0.3 is 11.1 Å². The molecule has 1 unspecified atom stereocenters. The van der Waals surface area contributed by atoms with Crippen molar-refractivity contribution in [1.82, 2.24) is 0 Å². The zero-order valence-corrected chi connectivity index (χ0v) is 12.1. The van der Waals surface area contributed by atoms with Crippen molar-refractivity contribution in [2.24, 2.45) is 5.73 Å². The van der Waals surface area contributed by atoms with Crippen LogP contribution in [0, 0.1) is 6.92 Å². The smallest absolute Gasteiger partial charge is 0.234 e. The average molecular weight is 266 g/mol. The van der Waals surface area contributed by atoms with E-state index >= 15 is 0 Å². The number of rotatable bonds is 6. The number of hydrogen-bond acceptors (Lipinski definition) is 3. The predicted octanol–water partition coefficient (Wildman–Crippen LogP) is 2.58. The van der Waals surface area contributed by atoms with E-state index in [1.54, 1.807) is 11.8 Å².